The topological polar surface area (TPSA) is 44.8 Å². The van der Waals surface area contributed by atoms with E-state index in [9.17, 15) is 4.79 Å². The first-order valence-electron chi connectivity index (χ1n) is 4.86. The summed E-state index contributed by atoms with van der Waals surface area (Å²) in [6.45, 7) is 6.11. The quantitative estimate of drug-likeness (QED) is 0.369. The average Bonchev–Trinajstić information content (AvgIpc) is 2.54. The third-order valence-electron chi connectivity index (χ3n) is 2.18. The summed E-state index contributed by atoms with van der Waals surface area (Å²) in [6.07, 6.45) is -0.0860. The van der Waals surface area contributed by atoms with E-state index >= 15 is 0 Å². The van der Waals surface area contributed by atoms with E-state index in [4.69, 9.17) is 9.47 Å². The van der Waals surface area contributed by atoms with Gasteiger partial charge in [0.05, 0.1) is 19.8 Å². The Bertz CT molecular complexity index is 297. The SMILES string of the molecule is COC(=O)C#C[C@H](C)[C@@H]1COC(C)(C)O1. The van der Waals surface area contributed by atoms with Gasteiger partial charge in [-0.2, -0.15) is 0 Å². The molecule has 1 fully saturated rings. The van der Waals surface area contributed by atoms with Gasteiger partial charge in [-0.05, 0) is 20.8 Å². The van der Waals surface area contributed by atoms with E-state index in [-0.39, 0.29) is 12.0 Å². The highest BCUT2D eigenvalue weighted by Gasteiger charge is 2.35. The highest BCUT2D eigenvalue weighted by atomic mass is 16.7. The minimum atomic E-state index is -0.550. The highest BCUT2D eigenvalue weighted by Crippen LogP contribution is 2.26. The molecule has 1 heterocycles. The van der Waals surface area contributed by atoms with E-state index in [0.717, 1.165) is 0 Å². The molecule has 0 N–H and O–H groups in total. The molecule has 1 aliphatic rings. The number of esters is 1. The van der Waals surface area contributed by atoms with Gasteiger partial charge in [0.15, 0.2) is 5.79 Å². The zero-order chi connectivity index (χ0) is 11.5. The van der Waals surface area contributed by atoms with Crippen LogP contribution in [0, 0.1) is 17.8 Å². The molecule has 1 rings (SSSR count). The minimum Gasteiger partial charge on any atom is -0.459 e. The molecule has 4 heteroatoms. The van der Waals surface area contributed by atoms with Crippen LogP contribution >= 0.6 is 0 Å². The Morgan fingerprint density at radius 1 is 1.60 bits per heavy atom. The Hall–Kier alpha value is -1.05. The normalized spacial score (nSPS) is 25.2. The molecule has 15 heavy (non-hydrogen) atoms. The summed E-state index contributed by atoms with van der Waals surface area (Å²) < 4.78 is 15.4. The van der Waals surface area contributed by atoms with Gasteiger partial charge in [-0.15, -0.1) is 0 Å². The zero-order valence-corrected chi connectivity index (χ0v) is 9.49. The second-order valence-electron chi connectivity index (χ2n) is 3.92. The van der Waals surface area contributed by atoms with Crippen molar-refractivity contribution in [1.29, 1.82) is 0 Å². The predicted molar refractivity (Wildman–Crippen MR) is 53.9 cm³/mol. The fourth-order valence-electron chi connectivity index (χ4n) is 1.28. The van der Waals surface area contributed by atoms with Crippen LogP contribution in [-0.2, 0) is 19.0 Å². The highest BCUT2D eigenvalue weighted by molar-refractivity contribution is 5.88. The van der Waals surface area contributed by atoms with Gasteiger partial charge in [0.1, 0.15) is 0 Å². The number of methoxy groups -OCH3 is 1. The molecule has 0 spiro atoms. The Morgan fingerprint density at radius 2 is 2.27 bits per heavy atom. The van der Waals surface area contributed by atoms with Crippen molar-refractivity contribution in [3.63, 3.8) is 0 Å². The first kappa shape index (κ1) is 12.0. The second kappa shape index (κ2) is 4.65. The molecule has 0 aromatic heterocycles. The van der Waals surface area contributed by atoms with E-state index < -0.39 is 11.8 Å². The first-order valence-corrected chi connectivity index (χ1v) is 4.86. The van der Waals surface area contributed by atoms with Gasteiger partial charge in [-0.3, -0.25) is 0 Å². The summed E-state index contributed by atoms with van der Waals surface area (Å²) in [7, 11) is 1.31. The van der Waals surface area contributed by atoms with Crippen LogP contribution in [0.5, 0.6) is 0 Å². The van der Waals surface area contributed by atoms with Crippen LogP contribution < -0.4 is 0 Å². The van der Waals surface area contributed by atoms with E-state index in [0.29, 0.717) is 6.61 Å². The van der Waals surface area contributed by atoms with Gasteiger partial charge in [0.25, 0.3) is 0 Å². The average molecular weight is 212 g/mol. The summed E-state index contributed by atoms with van der Waals surface area (Å²) in [6, 6.07) is 0. The van der Waals surface area contributed by atoms with Crippen molar-refractivity contribution in [3.05, 3.63) is 0 Å². The standard InChI is InChI=1S/C11H16O4/c1-8(5-6-10(12)13-4)9-7-14-11(2,3)15-9/h8-9H,7H2,1-4H3/t8-,9-/m0/s1. The maximum absolute atomic E-state index is 10.8. The fourth-order valence-corrected chi connectivity index (χ4v) is 1.28. The third-order valence-corrected chi connectivity index (χ3v) is 2.18. The summed E-state index contributed by atoms with van der Waals surface area (Å²) in [5.41, 5.74) is 0. The van der Waals surface area contributed by atoms with E-state index in [1.807, 2.05) is 20.8 Å². The molecule has 84 valence electrons. The molecular formula is C11H16O4. The van der Waals surface area contributed by atoms with Crippen molar-refractivity contribution in [2.45, 2.75) is 32.7 Å². The van der Waals surface area contributed by atoms with E-state index in [1.54, 1.807) is 0 Å². The molecule has 1 saturated heterocycles. The van der Waals surface area contributed by atoms with Crippen LogP contribution in [0.3, 0.4) is 0 Å². The summed E-state index contributed by atoms with van der Waals surface area (Å²) >= 11 is 0. The molecular weight excluding hydrogens is 196 g/mol. The van der Waals surface area contributed by atoms with E-state index in [2.05, 4.69) is 16.6 Å². The van der Waals surface area contributed by atoms with Gasteiger partial charge in [-0.25, -0.2) is 4.79 Å². The number of rotatable bonds is 1. The maximum Gasteiger partial charge on any atom is 0.384 e. The second-order valence-corrected chi connectivity index (χ2v) is 3.92. The van der Waals surface area contributed by atoms with E-state index in [1.165, 1.54) is 7.11 Å². The summed E-state index contributed by atoms with van der Waals surface area (Å²) in [5.74, 6) is 4.05. The third kappa shape index (κ3) is 3.54. The monoisotopic (exact) mass is 212 g/mol. The molecule has 0 bridgehead atoms. The maximum atomic E-state index is 10.8. The lowest BCUT2D eigenvalue weighted by atomic mass is 10.1. The van der Waals surface area contributed by atoms with Crippen LogP contribution in [0.4, 0.5) is 0 Å². The molecule has 0 amide bonds. The summed E-state index contributed by atoms with van der Waals surface area (Å²) in [4.78, 5) is 10.8. The van der Waals surface area contributed by atoms with Crippen molar-refractivity contribution in [2.24, 2.45) is 5.92 Å². The van der Waals surface area contributed by atoms with Gasteiger partial charge in [0.2, 0.25) is 0 Å². The van der Waals surface area contributed by atoms with Crippen LogP contribution in [0.2, 0.25) is 0 Å². The van der Waals surface area contributed by atoms with Gasteiger partial charge >= 0.3 is 5.97 Å². The Balaban J connectivity index is 2.51. The lowest BCUT2D eigenvalue weighted by molar-refractivity contribution is -0.141. The molecule has 0 aromatic carbocycles. The van der Waals surface area contributed by atoms with Crippen LogP contribution in [0.1, 0.15) is 20.8 Å². The molecule has 0 radical (unpaired) electrons. The molecule has 2 atom stereocenters. The lowest BCUT2D eigenvalue weighted by Crippen LogP contribution is -2.24. The van der Waals surface area contributed by atoms with Crippen molar-refractivity contribution < 1.29 is 19.0 Å². The van der Waals surface area contributed by atoms with Crippen molar-refractivity contribution >= 4 is 5.97 Å². The Labute approximate surface area is 89.9 Å². The number of ether oxygens (including phenoxy) is 3. The largest absolute Gasteiger partial charge is 0.459 e. The number of hydrogen-bond donors (Lipinski definition) is 0. The van der Waals surface area contributed by atoms with Crippen molar-refractivity contribution in [3.8, 4) is 11.8 Å². The Kier molecular flexibility index (Phi) is 3.72. The van der Waals surface area contributed by atoms with Crippen molar-refractivity contribution in [2.75, 3.05) is 13.7 Å². The molecule has 0 unspecified atom stereocenters. The van der Waals surface area contributed by atoms with Crippen LogP contribution in [0.15, 0.2) is 0 Å². The zero-order valence-electron chi connectivity index (χ0n) is 9.49. The van der Waals surface area contributed by atoms with Crippen molar-refractivity contribution in [1.82, 2.24) is 0 Å². The molecule has 0 saturated carbocycles. The smallest absolute Gasteiger partial charge is 0.384 e. The Morgan fingerprint density at radius 3 is 2.73 bits per heavy atom. The lowest BCUT2D eigenvalue weighted by Gasteiger charge is -2.18. The van der Waals surface area contributed by atoms with Gasteiger partial charge < -0.3 is 14.2 Å². The van der Waals surface area contributed by atoms with Crippen LogP contribution in [0.25, 0.3) is 0 Å². The van der Waals surface area contributed by atoms with Crippen LogP contribution in [-0.4, -0.2) is 31.6 Å². The fraction of sp³-hybridized carbons (Fsp3) is 0.727. The molecule has 0 aromatic rings. The minimum absolute atomic E-state index is 0.0501. The van der Waals surface area contributed by atoms with Gasteiger partial charge in [0, 0.05) is 11.8 Å². The molecule has 4 nitrogen and oxygen atoms in total. The first-order chi connectivity index (χ1) is 6.94. The number of hydrogen-bond acceptors (Lipinski definition) is 4. The molecule has 0 aliphatic carbocycles. The predicted octanol–water partition coefficient (Wildman–Crippen LogP) is 0.950. The number of carbonyl (C=O) groups is 1. The number of carbonyl (C=O) groups excluding carboxylic acids is 1. The summed E-state index contributed by atoms with van der Waals surface area (Å²) in [5, 5.41) is 0. The van der Waals surface area contributed by atoms with Gasteiger partial charge in [-0.1, -0.05) is 5.92 Å². The molecule has 1 aliphatic heterocycles.